The van der Waals surface area contributed by atoms with E-state index in [1.807, 2.05) is 0 Å². The van der Waals surface area contributed by atoms with Crippen molar-refractivity contribution in [2.75, 3.05) is 30.4 Å². The summed E-state index contributed by atoms with van der Waals surface area (Å²) in [4.78, 5) is 12.6. The van der Waals surface area contributed by atoms with Gasteiger partial charge in [-0.2, -0.15) is 0 Å². The molecule has 0 aliphatic carbocycles. The zero-order valence-corrected chi connectivity index (χ0v) is 19.5. The predicted molar refractivity (Wildman–Crippen MR) is 129 cm³/mol. The summed E-state index contributed by atoms with van der Waals surface area (Å²) < 4.78 is 44.1. The molecule has 1 fully saturated rings. The average Bonchev–Trinajstić information content (AvgIpc) is 3.37. The Labute approximate surface area is 198 Å². The molecule has 0 saturated carbocycles. The number of hydrogen-bond acceptors (Lipinski definition) is 6. The maximum Gasteiger partial charge on any atom is 0.261 e. The molecule has 1 atom stereocenters. The average molecular weight is 483 g/mol. The number of anilines is 2. The van der Waals surface area contributed by atoms with Crippen molar-refractivity contribution in [1.82, 2.24) is 0 Å². The van der Waals surface area contributed by atoms with Crippen molar-refractivity contribution in [3.05, 3.63) is 78.4 Å². The number of methoxy groups -OCH3 is 1. The molecule has 1 unspecified atom stereocenters. The van der Waals surface area contributed by atoms with Crippen molar-refractivity contribution in [3.63, 3.8) is 0 Å². The number of hydrogen-bond donors (Lipinski definition) is 2. The van der Waals surface area contributed by atoms with E-state index in [-0.39, 0.29) is 16.9 Å². The first kappa shape index (κ1) is 23.6. The molecular formula is C25H26N2O6S. The zero-order chi connectivity index (χ0) is 24.0. The van der Waals surface area contributed by atoms with Gasteiger partial charge in [-0.15, -0.1) is 0 Å². The molecule has 0 bridgehead atoms. The van der Waals surface area contributed by atoms with Gasteiger partial charge in [0.2, 0.25) is 0 Å². The molecule has 0 aromatic heterocycles. The second-order valence-corrected chi connectivity index (χ2v) is 9.47. The van der Waals surface area contributed by atoms with Crippen LogP contribution in [0, 0.1) is 0 Å². The number of rotatable bonds is 9. The fourth-order valence-electron chi connectivity index (χ4n) is 3.46. The molecule has 0 spiro atoms. The minimum Gasteiger partial charge on any atom is -0.497 e. The van der Waals surface area contributed by atoms with Crippen LogP contribution in [0.3, 0.4) is 0 Å². The Balaban J connectivity index is 1.33. The third-order valence-corrected chi connectivity index (χ3v) is 6.74. The highest BCUT2D eigenvalue weighted by Gasteiger charge is 2.17. The molecule has 1 aliphatic heterocycles. The van der Waals surface area contributed by atoms with Crippen LogP contribution in [0.2, 0.25) is 0 Å². The largest absolute Gasteiger partial charge is 0.497 e. The first-order valence-electron chi connectivity index (χ1n) is 10.9. The summed E-state index contributed by atoms with van der Waals surface area (Å²) in [6.45, 7) is 1.27. The van der Waals surface area contributed by atoms with Crippen LogP contribution < -0.4 is 19.5 Å². The lowest BCUT2D eigenvalue weighted by atomic mass is 10.2. The van der Waals surface area contributed by atoms with Gasteiger partial charge in [0.25, 0.3) is 15.9 Å². The molecule has 178 valence electrons. The Morgan fingerprint density at radius 2 is 1.59 bits per heavy atom. The van der Waals surface area contributed by atoms with Crippen LogP contribution in [-0.2, 0) is 14.8 Å². The van der Waals surface area contributed by atoms with Gasteiger partial charge in [0, 0.05) is 23.5 Å². The molecule has 1 heterocycles. The molecule has 1 amide bonds. The Morgan fingerprint density at radius 1 is 0.941 bits per heavy atom. The van der Waals surface area contributed by atoms with Gasteiger partial charge in [-0.25, -0.2) is 8.42 Å². The summed E-state index contributed by atoms with van der Waals surface area (Å²) in [6.07, 6.45) is 2.18. The maximum atomic E-state index is 12.6. The van der Waals surface area contributed by atoms with Gasteiger partial charge in [-0.1, -0.05) is 0 Å². The Bertz CT molecular complexity index is 1200. The minimum atomic E-state index is -3.77. The highest BCUT2D eigenvalue weighted by Crippen LogP contribution is 2.21. The van der Waals surface area contributed by atoms with E-state index in [1.165, 1.54) is 19.2 Å². The van der Waals surface area contributed by atoms with E-state index in [9.17, 15) is 13.2 Å². The highest BCUT2D eigenvalue weighted by molar-refractivity contribution is 7.92. The van der Waals surface area contributed by atoms with E-state index in [4.69, 9.17) is 14.2 Å². The number of ether oxygens (including phenoxy) is 3. The number of nitrogens with one attached hydrogen (secondary N) is 2. The number of amides is 1. The van der Waals surface area contributed by atoms with Crippen molar-refractivity contribution in [2.45, 2.75) is 23.8 Å². The maximum absolute atomic E-state index is 12.6. The van der Waals surface area contributed by atoms with Crippen LogP contribution in [0.15, 0.2) is 77.7 Å². The van der Waals surface area contributed by atoms with Crippen LogP contribution in [0.4, 0.5) is 11.4 Å². The lowest BCUT2D eigenvalue weighted by Gasteiger charge is -2.12. The van der Waals surface area contributed by atoms with Gasteiger partial charge in [0.15, 0.2) is 0 Å². The van der Waals surface area contributed by atoms with Crippen molar-refractivity contribution in [3.8, 4) is 11.5 Å². The molecule has 0 radical (unpaired) electrons. The third kappa shape index (κ3) is 6.06. The number of carbonyl (C=O) groups excluding carboxylic acids is 1. The molecule has 34 heavy (non-hydrogen) atoms. The number of sulfonamides is 1. The lowest BCUT2D eigenvalue weighted by molar-refractivity contribution is 0.0679. The van der Waals surface area contributed by atoms with E-state index < -0.39 is 10.0 Å². The quantitative estimate of drug-likeness (QED) is 0.471. The smallest absolute Gasteiger partial charge is 0.261 e. The number of benzene rings is 3. The molecule has 9 heteroatoms. The molecule has 8 nitrogen and oxygen atoms in total. The van der Waals surface area contributed by atoms with Crippen molar-refractivity contribution in [1.29, 1.82) is 0 Å². The van der Waals surface area contributed by atoms with Crippen molar-refractivity contribution >= 4 is 27.3 Å². The zero-order valence-electron chi connectivity index (χ0n) is 18.7. The molecular weight excluding hydrogens is 456 g/mol. The van der Waals surface area contributed by atoms with E-state index >= 15 is 0 Å². The van der Waals surface area contributed by atoms with Crippen LogP contribution in [0.5, 0.6) is 11.5 Å². The van der Waals surface area contributed by atoms with Crippen molar-refractivity contribution in [2.24, 2.45) is 0 Å². The molecule has 1 saturated heterocycles. The van der Waals surface area contributed by atoms with Crippen LogP contribution in [0.25, 0.3) is 0 Å². The second kappa shape index (κ2) is 10.6. The summed E-state index contributed by atoms with van der Waals surface area (Å²) in [5.74, 6) is 0.993. The first-order chi connectivity index (χ1) is 16.4. The molecule has 4 rings (SSSR count). The second-order valence-electron chi connectivity index (χ2n) is 7.78. The highest BCUT2D eigenvalue weighted by atomic mass is 32.2. The molecule has 1 aliphatic rings. The van der Waals surface area contributed by atoms with Gasteiger partial charge in [-0.05, 0) is 85.6 Å². The number of carbonyl (C=O) groups is 1. The summed E-state index contributed by atoms with van der Waals surface area (Å²) in [5, 5.41) is 2.77. The summed E-state index contributed by atoms with van der Waals surface area (Å²) >= 11 is 0. The Hall–Kier alpha value is -3.56. The Kier molecular flexibility index (Phi) is 7.34. The fourth-order valence-corrected chi connectivity index (χ4v) is 4.52. The van der Waals surface area contributed by atoms with Gasteiger partial charge < -0.3 is 19.5 Å². The monoisotopic (exact) mass is 482 g/mol. The standard InChI is InChI=1S/C25H26N2O6S/c1-31-21-12-6-20(7-13-21)27-34(29,30)24-14-8-19(9-15-24)26-25(28)18-4-10-22(11-5-18)33-17-23-3-2-16-32-23/h4-15,23,27H,2-3,16-17H2,1H3,(H,26,28). The summed E-state index contributed by atoms with van der Waals surface area (Å²) in [6, 6.07) is 19.3. The SMILES string of the molecule is COc1ccc(NS(=O)(=O)c2ccc(NC(=O)c3ccc(OCC4CCCO4)cc3)cc2)cc1. The lowest BCUT2D eigenvalue weighted by Crippen LogP contribution is -2.16. The topological polar surface area (TPSA) is 103 Å². The first-order valence-corrected chi connectivity index (χ1v) is 12.3. The predicted octanol–water partition coefficient (Wildman–Crippen LogP) is 4.31. The summed E-state index contributed by atoms with van der Waals surface area (Å²) in [7, 11) is -2.23. The third-order valence-electron chi connectivity index (χ3n) is 5.34. The van der Waals surface area contributed by atoms with E-state index in [0.29, 0.717) is 35.0 Å². The molecule has 3 aromatic carbocycles. The fraction of sp³-hybridized carbons (Fsp3) is 0.240. The molecule has 3 aromatic rings. The van der Waals surface area contributed by atoms with Gasteiger partial charge in [0.1, 0.15) is 18.1 Å². The van der Waals surface area contributed by atoms with Crippen LogP contribution in [-0.4, -0.2) is 40.8 Å². The summed E-state index contributed by atoms with van der Waals surface area (Å²) in [5.41, 5.74) is 1.36. The van der Waals surface area contributed by atoms with Gasteiger partial charge >= 0.3 is 0 Å². The van der Waals surface area contributed by atoms with E-state index in [2.05, 4.69) is 10.0 Å². The van der Waals surface area contributed by atoms with Gasteiger partial charge in [0.05, 0.1) is 18.1 Å². The minimum absolute atomic E-state index is 0.0778. The Morgan fingerprint density at radius 3 is 2.21 bits per heavy atom. The van der Waals surface area contributed by atoms with E-state index in [0.717, 1.165) is 19.4 Å². The van der Waals surface area contributed by atoms with E-state index in [1.54, 1.807) is 60.7 Å². The van der Waals surface area contributed by atoms with Crippen LogP contribution >= 0.6 is 0 Å². The van der Waals surface area contributed by atoms with Crippen LogP contribution in [0.1, 0.15) is 23.2 Å². The van der Waals surface area contributed by atoms with Gasteiger partial charge in [-0.3, -0.25) is 9.52 Å². The normalized spacial score (nSPS) is 15.5. The molecule has 2 N–H and O–H groups in total. The van der Waals surface area contributed by atoms with Crippen molar-refractivity contribution < 1.29 is 27.4 Å².